The molecule has 0 fully saturated rings. The minimum absolute atomic E-state index is 0.477. The van der Waals surface area contributed by atoms with E-state index in [1.54, 1.807) is 0 Å². The van der Waals surface area contributed by atoms with Gasteiger partial charge in [0.15, 0.2) is 0 Å². The van der Waals surface area contributed by atoms with E-state index in [0.717, 1.165) is 11.8 Å². The summed E-state index contributed by atoms with van der Waals surface area (Å²) in [4.78, 5) is 0. The molecule has 64 valence electrons. The minimum Gasteiger partial charge on any atom is -0.134 e. The molecule has 0 nitrogen and oxygen atoms in total. The van der Waals surface area contributed by atoms with Crippen LogP contribution in [0.15, 0.2) is 11.5 Å². The van der Waals surface area contributed by atoms with Crippen molar-refractivity contribution in [2.45, 2.75) is 27.7 Å². The van der Waals surface area contributed by atoms with Gasteiger partial charge in [-0.05, 0) is 17.2 Å². The van der Waals surface area contributed by atoms with Crippen LogP contribution in [0.5, 0.6) is 0 Å². The molecule has 1 aliphatic heterocycles. The first-order chi connectivity index (χ1) is 5.09. The molecule has 11 heavy (non-hydrogen) atoms. The molecule has 1 rings (SSSR count). The van der Waals surface area contributed by atoms with Crippen LogP contribution < -0.4 is 0 Å². The molecule has 0 bridgehead atoms. The first kappa shape index (κ1) is 9.18. The van der Waals surface area contributed by atoms with Crippen molar-refractivity contribution in [2.75, 3.05) is 5.75 Å². The summed E-state index contributed by atoms with van der Waals surface area (Å²) < 4.78 is 0. The molecule has 1 aliphatic rings. The average molecular weight is 170 g/mol. The fourth-order valence-electron chi connectivity index (χ4n) is 1.80. The van der Waals surface area contributed by atoms with Crippen LogP contribution in [0.4, 0.5) is 0 Å². The van der Waals surface area contributed by atoms with Crippen LogP contribution >= 0.6 is 11.8 Å². The maximum absolute atomic E-state index is 2.41. The summed E-state index contributed by atoms with van der Waals surface area (Å²) in [6.07, 6.45) is 2.41. The quantitative estimate of drug-likeness (QED) is 0.611. The fraction of sp³-hybridized carbons (Fsp3) is 0.800. The summed E-state index contributed by atoms with van der Waals surface area (Å²) in [6, 6.07) is 0. The molecule has 0 unspecified atom stereocenters. The van der Waals surface area contributed by atoms with Crippen LogP contribution in [0.25, 0.3) is 0 Å². The van der Waals surface area contributed by atoms with Crippen LogP contribution in [0, 0.1) is 17.3 Å². The molecule has 0 N–H and O–H groups in total. The van der Waals surface area contributed by atoms with E-state index in [0.29, 0.717) is 5.41 Å². The van der Waals surface area contributed by atoms with E-state index in [1.165, 1.54) is 5.75 Å². The zero-order valence-corrected chi connectivity index (χ0v) is 8.74. The Bertz CT molecular complexity index is 148. The van der Waals surface area contributed by atoms with E-state index in [-0.39, 0.29) is 0 Å². The Morgan fingerprint density at radius 3 is 1.91 bits per heavy atom. The van der Waals surface area contributed by atoms with Gasteiger partial charge < -0.3 is 0 Å². The highest BCUT2D eigenvalue weighted by molar-refractivity contribution is 8.02. The van der Waals surface area contributed by atoms with Crippen molar-refractivity contribution in [2.24, 2.45) is 17.3 Å². The van der Waals surface area contributed by atoms with Gasteiger partial charge in [0.2, 0.25) is 0 Å². The molecule has 0 amide bonds. The van der Waals surface area contributed by atoms with Crippen molar-refractivity contribution in [1.82, 2.24) is 0 Å². The standard InChI is InChI=1S/C10H18S/c1-8(2)10(9(3)4)5-6-11-7-10/h5-6,8-9H,7H2,1-4H3. The molecule has 0 spiro atoms. The van der Waals surface area contributed by atoms with Crippen LogP contribution in [-0.4, -0.2) is 5.75 Å². The Hall–Kier alpha value is 0.0900. The summed E-state index contributed by atoms with van der Waals surface area (Å²) in [6.45, 7) is 9.32. The summed E-state index contributed by atoms with van der Waals surface area (Å²) in [5.41, 5.74) is 0.477. The molecule has 0 radical (unpaired) electrons. The zero-order valence-electron chi connectivity index (χ0n) is 7.92. The Morgan fingerprint density at radius 2 is 1.73 bits per heavy atom. The molecule has 0 aliphatic carbocycles. The lowest BCUT2D eigenvalue weighted by Crippen LogP contribution is -2.31. The molecule has 0 saturated carbocycles. The summed E-state index contributed by atoms with van der Waals surface area (Å²) in [7, 11) is 0. The number of hydrogen-bond acceptors (Lipinski definition) is 1. The highest BCUT2D eigenvalue weighted by atomic mass is 32.2. The Balaban J connectivity index is 2.80. The Kier molecular flexibility index (Phi) is 2.69. The van der Waals surface area contributed by atoms with Gasteiger partial charge in [0, 0.05) is 11.2 Å². The lowest BCUT2D eigenvalue weighted by Gasteiger charge is -2.35. The molecule has 1 heteroatoms. The molecular weight excluding hydrogens is 152 g/mol. The largest absolute Gasteiger partial charge is 0.134 e. The van der Waals surface area contributed by atoms with Crippen molar-refractivity contribution < 1.29 is 0 Å². The average Bonchev–Trinajstić information content (AvgIpc) is 2.34. The van der Waals surface area contributed by atoms with E-state index < -0.39 is 0 Å². The summed E-state index contributed by atoms with van der Waals surface area (Å²) in [5.74, 6) is 2.82. The fourth-order valence-corrected chi connectivity index (χ4v) is 3.30. The first-order valence-electron chi connectivity index (χ1n) is 4.39. The van der Waals surface area contributed by atoms with Crippen molar-refractivity contribution in [3.05, 3.63) is 11.5 Å². The van der Waals surface area contributed by atoms with Crippen LogP contribution in [0.3, 0.4) is 0 Å². The van der Waals surface area contributed by atoms with Crippen molar-refractivity contribution in [1.29, 1.82) is 0 Å². The summed E-state index contributed by atoms with van der Waals surface area (Å²) in [5, 5.41) is 2.26. The van der Waals surface area contributed by atoms with Gasteiger partial charge in [0.25, 0.3) is 0 Å². The predicted molar refractivity (Wildman–Crippen MR) is 53.7 cm³/mol. The third-order valence-electron chi connectivity index (χ3n) is 2.96. The second-order valence-electron chi connectivity index (χ2n) is 4.04. The monoisotopic (exact) mass is 170 g/mol. The van der Waals surface area contributed by atoms with Gasteiger partial charge in [-0.3, -0.25) is 0 Å². The third kappa shape index (κ3) is 1.48. The Labute approximate surface area is 74.5 Å². The highest BCUT2D eigenvalue weighted by Gasteiger charge is 2.36. The normalized spacial score (nSPS) is 22.0. The topological polar surface area (TPSA) is 0 Å². The number of allylic oxidation sites excluding steroid dienone is 1. The Morgan fingerprint density at radius 1 is 1.18 bits per heavy atom. The lowest BCUT2D eigenvalue weighted by molar-refractivity contribution is 0.217. The predicted octanol–water partition coefficient (Wildman–Crippen LogP) is 3.55. The van der Waals surface area contributed by atoms with Crippen LogP contribution in [0.1, 0.15) is 27.7 Å². The lowest BCUT2D eigenvalue weighted by atomic mass is 9.71. The van der Waals surface area contributed by atoms with E-state index in [1.807, 2.05) is 11.8 Å². The maximum atomic E-state index is 2.41. The van der Waals surface area contributed by atoms with Gasteiger partial charge in [-0.2, -0.15) is 0 Å². The first-order valence-corrected chi connectivity index (χ1v) is 5.44. The highest BCUT2D eigenvalue weighted by Crippen LogP contribution is 2.45. The molecule has 0 aromatic carbocycles. The van der Waals surface area contributed by atoms with E-state index in [4.69, 9.17) is 0 Å². The van der Waals surface area contributed by atoms with E-state index in [9.17, 15) is 0 Å². The van der Waals surface area contributed by atoms with Gasteiger partial charge in [-0.25, -0.2) is 0 Å². The zero-order chi connectivity index (χ0) is 8.48. The second kappa shape index (κ2) is 3.22. The molecule has 0 saturated heterocycles. The molecule has 0 aromatic heterocycles. The van der Waals surface area contributed by atoms with Crippen molar-refractivity contribution in [3.8, 4) is 0 Å². The third-order valence-corrected chi connectivity index (χ3v) is 3.95. The van der Waals surface area contributed by atoms with Crippen molar-refractivity contribution >= 4 is 11.8 Å². The molecule has 0 atom stereocenters. The smallest absolute Gasteiger partial charge is 0.00705 e. The number of rotatable bonds is 2. The molecule has 1 heterocycles. The van der Waals surface area contributed by atoms with Crippen LogP contribution in [-0.2, 0) is 0 Å². The van der Waals surface area contributed by atoms with Crippen LogP contribution in [0.2, 0.25) is 0 Å². The van der Waals surface area contributed by atoms with Gasteiger partial charge >= 0.3 is 0 Å². The number of thioether (sulfide) groups is 1. The van der Waals surface area contributed by atoms with Gasteiger partial charge in [-0.1, -0.05) is 33.8 Å². The van der Waals surface area contributed by atoms with Gasteiger partial charge in [0.1, 0.15) is 0 Å². The maximum Gasteiger partial charge on any atom is 0.00705 e. The van der Waals surface area contributed by atoms with Gasteiger partial charge in [0.05, 0.1) is 0 Å². The minimum atomic E-state index is 0.477. The second-order valence-corrected chi connectivity index (χ2v) is 4.93. The summed E-state index contributed by atoms with van der Waals surface area (Å²) >= 11 is 1.96. The number of hydrogen-bond donors (Lipinski definition) is 0. The molecule has 0 aromatic rings. The van der Waals surface area contributed by atoms with E-state index in [2.05, 4.69) is 39.2 Å². The SMILES string of the molecule is CC(C)C1(C(C)C)C=CSC1. The van der Waals surface area contributed by atoms with E-state index >= 15 is 0 Å². The van der Waals surface area contributed by atoms with Gasteiger partial charge in [-0.15, -0.1) is 11.8 Å². The van der Waals surface area contributed by atoms with Crippen molar-refractivity contribution in [3.63, 3.8) is 0 Å². The molecular formula is C10H18S.